The maximum atomic E-state index is 11.4. The molecule has 0 aromatic heterocycles. The molecule has 1 fully saturated rings. The molecule has 3 N–H and O–H groups in total. The normalized spacial score (nSPS) is 28.1. The van der Waals surface area contributed by atoms with Crippen LogP contribution < -0.4 is 5.84 Å². The number of hydrogen-bond donors (Lipinski definition) is 2. The highest BCUT2D eigenvalue weighted by atomic mass is 16.5. The number of carbonyl (C=O) groups excluding carboxylic acids is 1. The Bertz CT molecular complexity index is 281. The SMILES string of the molecule is CCC(C)N(N)C(C)(C)[C@@H]1C[C@@H](O)CC(=O)O1. The second-order valence-corrected chi connectivity index (χ2v) is 5.39. The van der Waals surface area contributed by atoms with Gasteiger partial charge in [-0.2, -0.15) is 0 Å². The van der Waals surface area contributed by atoms with Crippen LogP contribution in [-0.2, 0) is 9.53 Å². The minimum atomic E-state index is -0.620. The van der Waals surface area contributed by atoms with Gasteiger partial charge < -0.3 is 9.84 Å². The number of hydrazine groups is 1. The maximum absolute atomic E-state index is 11.4. The van der Waals surface area contributed by atoms with E-state index in [4.69, 9.17) is 10.6 Å². The average molecular weight is 244 g/mol. The quantitative estimate of drug-likeness (QED) is 0.435. The Balaban J connectivity index is 2.78. The molecule has 0 amide bonds. The second kappa shape index (κ2) is 5.33. The van der Waals surface area contributed by atoms with Crippen LogP contribution in [0, 0.1) is 0 Å². The molecule has 1 rings (SSSR count). The minimum Gasteiger partial charge on any atom is -0.460 e. The van der Waals surface area contributed by atoms with E-state index in [2.05, 4.69) is 6.92 Å². The van der Waals surface area contributed by atoms with Gasteiger partial charge >= 0.3 is 5.97 Å². The number of carbonyl (C=O) groups is 1. The number of cyclic esters (lactones) is 1. The number of ether oxygens (including phenoxy) is 1. The van der Waals surface area contributed by atoms with Gasteiger partial charge in [-0.05, 0) is 27.2 Å². The molecule has 0 bridgehead atoms. The molecule has 0 spiro atoms. The van der Waals surface area contributed by atoms with Crippen molar-refractivity contribution < 1.29 is 14.6 Å². The Hall–Kier alpha value is -0.650. The van der Waals surface area contributed by atoms with Crippen molar-refractivity contribution in [3.05, 3.63) is 0 Å². The van der Waals surface area contributed by atoms with Crippen LogP contribution in [0.4, 0.5) is 0 Å². The third-order valence-electron chi connectivity index (χ3n) is 3.68. The van der Waals surface area contributed by atoms with Crippen LogP contribution in [0.15, 0.2) is 0 Å². The second-order valence-electron chi connectivity index (χ2n) is 5.39. The summed E-state index contributed by atoms with van der Waals surface area (Å²) >= 11 is 0. The smallest absolute Gasteiger partial charge is 0.308 e. The Morgan fingerprint density at radius 3 is 2.71 bits per heavy atom. The zero-order valence-corrected chi connectivity index (χ0v) is 11.1. The van der Waals surface area contributed by atoms with Crippen LogP contribution in [0.1, 0.15) is 47.0 Å². The molecule has 0 radical (unpaired) electrons. The van der Waals surface area contributed by atoms with Gasteiger partial charge in [-0.25, -0.2) is 5.01 Å². The summed E-state index contributed by atoms with van der Waals surface area (Å²) in [6.07, 6.45) is 0.468. The molecule has 1 saturated heterocycles. The van der Waals surface area contributed by atoms with Crippen molar-refractivity contribution in [3.63, 3.8) is 0 Å². The monoisotopic (exact) mass is 244 g/mol. The van der Waals surface area contributed by atoms with Crippen molar-refractivity contribution in [1.82, 2.24) is 5.01 Å². The summed E-state index contributed by atoms with van der Waals surface area (Å²) in [7, 11) is 0. The fourth-order valence-corrected chi connectivity index (χ4v) is 2.14. The Kier molecular flexibility index (Phi) is 4.52. The van der Waals surface area contributed by atoms with E-state index < -0.39 is 11.6 Å². The Morgan fingerprint density at radius 2 is 2.24 bits per heavy atom. The summed E-state index contributed by atoms with van der Waals surface area (Å²) in [5.41, 5.74) is -0.480. The standard InChI is InChI=1S/C12H24N2O3/c1-5-8(2)14(13)12(3,4)10-6-9(15)7-11(16)17-10/h8-10,15H,5-7,13H2,1-4H3/t8?,9-,10+/m1/s1. The lowest BCUT2D eigenvalue weighted by molar-refractivity contribution is -0.173. The molecular formula is C12H24N2O3. The molecule has 5 nitrogen and oxygen atoms in total. The van der Waals surface area contributed by atoms with Gasteiger partial charge in [-0.1, -0.05) is 6.92 Å². The predicted octanol–water partition coefficient (Wildman–Crippen LogP) is 0.806. The number of hydrogen-bond acceptors (Lipinski definition) is 5. The van der Waals surface area contributed by atoms with E-state index in [0.717, 1.165) is 6.42 Å². The molecule has 0 aliphatic carbocycles. The lowest BCUT2D eigenvalue weighted by Crippen LogP contribution is -2.61. The van der Waals surface area contributed by atoms with Crippen molar-refractivity contribution in [1.29, 1.82) is 0 Å². The van der Waals surface area contributed by atoms with Crippen LogP contribution in [0.2, 0.25) is 0 Å². The number of nitrogens with zero attached hydrogens (tertiary/aromatic N) is 1. The van der Waals surface area contributed by atoms with Crippen molar-refractivity contribution in [2.75, 3.05) is 0 Å². The first-order valence-electron chi connectivity index (χ1n) is 6.20. The predicted molar refractivity (Wildman–Crippen MR) is 65.0 cm³/mol. The van der Waals surface area contributed by atoms with Crippen molar-refractivity contribution in [2.45, 2.75) is 70.7 Å². The summed E-state index contributed by atoms with van der Waals surface area (Å²) in [5, 5.41) is 11.4. The lowest BCUT2D eigenvalue weighted by atomic mass is 9.88. The minimum absolute atomic E-state index is 0.0838. The van der Waals surface area contributed by atoms with Crippen LogP contribution >= 0.6 is 0 Å². The van der Waals surface area contributed by atoms with E-state index in [-0.39, 0.29) is 24.5 Å². The third-order valence-corrected chi connectivity index (χ3v) is 3.68. The van der Waals surface area contributed by atoms with E-state index in [0.29, 0.717) is 6.42 Å². The molecular weight excluding hydrogens is 220 g/mol. The Morgan fingerprint density at radius 1 is 1.65 bits per heavy atom. The topological polar surface area (TPSA) is 75.8 Å². The highest BCUT2D eigenvalue weighted by Crippen LogP contribution is 2.29. The van der Waals surface area contributed by atoms with Gasteiger partial charge in [0, 0.05) is 12.5 Å². The summed E-state index contributed by atoms with van der Waals surface area (Å²) in [5.74, 6) is 5.74. The van der Waals surface area contributed by atoms with Gasteiger partial charge in [0.2, 0.25) is 0 Å². The highest BCUT2D eigenvalue weighted by molar-refractivity contribution is 5.71. The molecule has 0 saturated carbocycles. The molecule has 1 aliphatic heterocycles. The third kappa shape index (κ3) is 3.18. The number of rotatable bonds is 4. The van der Waals surface area contributed by atoms with E-state index in [1.54, 1.807) is 5.01 Å². The molecule has 1 heterocycles. The molecule has 1 unspecified atom stereocenters. The maximum Gasteiger partial charge on any atom is 0.308 e. The highest BCUT2D eigenvalue weighted by Gasteiger charge is 2.42. The van der Waals surface area contributed by atoms with Crippen molar-refractivity contribution >= 4 is 5.97 Å². The van der Waals surface area contributed by atoms with E-state index in [1.807, 2.05) is 20.8 Å². The number of aliphatic hydroxyl groups excluding tert-OH is 1. The number of nitrogens with two attached hydrogens (primary N) is 1. The van der Waals surface area contributed by atoms with E-state index in [1.165, 1.54) is 0 Å². The summed E-state index contributed by atoms with van der Waals surface area (Å²) in [6.45, 7) is 7.97. The zero-order valence-electron chi connectivity index (χ0n) is 11.1. The van der Waals surface area contributed by atoms with E-state index in [9.17, 15) is 9.90 Å². The molecule has 1 aliphatic rings. The Labute approximate surface area is 103 Å². The van der Waals surface area contributed by atoms with Gasteiger partial charge in [0.1, 0.15) is 6.10 Å². The molecule has 3 atom stereocenters. The first kappa shape index (κ1) is 14.4. The van der Waals surface area contributed by atoms with E-state index >= 15 is 0 Å². The summed E-state index contributed by atoms with van der Waals surface area (Å²) in [6, 6.07) is 0.197. The fourth-order valence-electron chi connectivity index (χ4n) is 2.14. The zero-order chi connectivity index (χ0) is 13.2. The molecule has 5 heteroatoms. The van der Waals surface area contributed by atoms with Crippen LogP contribution in [0.25, 0.3) is 0 Å². The van der Waals surface area contributed by atoms with Crippen LogP contribution in [0.5, 0.6) is 0 Å². The molecule has 0 aromatic rings. The summed E-state index contributed by atoms with van der Waals surface area (Å²) in [4.78, 5) is 11.4. The molecule has 17 heavy (non-hydrogen) atoms. The number of esters is 1. The lowest BCUT2D eigenvalue weighted by Gasteiger charge is -2.45. The number of aliphatic hydroxyl groups is 1. The summed E-state index contributed by atoms with van der Waals surface area (Å²) < 4.78 is 5.32. The van der Waals surface area contributed by atoms with Crippen molar-refractivity contribution in [2.24, 2.45) is 5.84 Å². The first-order chi connectivity index (χ1) is 7.78. The van der Waals surface area contributed by atoms with Gasteiger partial charge in [0.15, 0.2) is 0 Å². The van der Waals surface area contributed by atoms with Crippen LogP contribution in [-0.4, -0.2) is 39.9 Å². The fraction of sp³-hybridized carbons (Fsp3) is 0.917. The first-order valence-corrected chi connectivity index (χ1v) is 6.20. The molecule has 100 valence electrons. The van der Waals surface area contributed by atoms with Crippen molar-refractivity contribution in [3.8, 4) is 0 Å². The van der Waals surface area contributed by atoms with Crippen LogP contribution in [0.3, 0.4) is 0 Å². The van der Waals surface area contributed by atoms with Gasteiger partial charge in [0.25, 0.3) is 0 Å². The largest absolute Gasteiger partial charge is 0.460 e. The molecule has 0 aromatic carbocycles. The van der Waals surface area contributed by atoms with Gasteiger partial charge in [-0.15, -0.1) is 0 Å². The van der Waals surface area contributed by atoms with Gasteiger partial charge in [0.05, 0.1) is 18.1 Å². The van der Waals surface area contributed by atoms with Gasteiger partial charge in [-0.3, -0.25) is 10.6 Å². The average Bonchev–Trinajstić information content (AvgIpc) is 2.25.